The van der Waals surface area contributed by atoms with Gasteiger partial charge in [0.15, 0.2) is 0 Å². The van der Waals surface area contributed by atoms with Crippen molar-refractivity contribution >= 4 is 18.7 Å². The molecule has 0 aromatic heterocycles. The molecule has 0 spiro atoms. The van der Waals surface area contributed by atoms with Crippen LogP contribution in [-0.2, 0) is 11.3 Å². The lowest BCUT2D eigenvalue weighted by Gasteiger charge is -2.34. The summed E-state index contributed by atoms with van der Waals surface area (Å²) >= 11 is 0. The van der Waals surface area contributed by atoms with Gasteiger partial charge in [0, 0.05) is 25.2 Å². The summed E-state index contributed by atoms with van der Waals surface area (Å²) in [4.78, 5) is 14.3. The largest absolute Gasteiger partial charge is 0.445 e. The zero-order valence-corrected chi connectivity index (χ0v) is 19.1. The fourth-order valence-electron chi connectivity index (χ4n) is 3.86. The monoisotopic (exact) mass is 420 g/mol. The molecule has 31 heavy (non-hydrogen) atoms. The van der Waals surface area contributed by atoms with Gasteiger partial charge in [-0.15, -0.1) is 0 Å². The number of amides is 1. The second-order valence-electron chi connectivity index (χ2n) is 7.54. The SMILES string of the molecule is C=C/C=c1/c([C@@H](C)NC2CCCN(C(=O)OCc3ccccc3)C2)cccc1=C.CC. The summed E-state index contributed by atoms with van der Waals surface area (Å²) in [6.07, 6.45) is 5.56. The number of carbonyl (C=O) groups excluding carboxylic acids is 1. The third-order valence-corrected chi connectivity index (χ3v) is 5.35. The number of hydrogen-bond donors (Lipinski definition) is 1. The van der Waals surface area contributed by atoms with E-state index in [-0.39, 0.29) is 18.2 Å². The third-order valence-electron chi connectivity index (χ3n) is 5.35. The van der Waals surface area contributed by atoms with Crippen molar-refractivity contribution in [1.82, 2.24) is 10.2 Å². The number of likely N-dealkylation sites (tertiary alicyclic amines) is 1. The Hall–Kier alpha value is -2.85. The Morgan fingerprint density at radius 1 is 1.23 bits per heavy atom. The van der Waals surface area contributed by atoms with Crippen LogP contribution < -0.4 is 15.8 Å². The molecular formula is C27H36N2O2. The van der Waals surface area contributed by atoms with Gasteiger partial charge < -0.3 is 15.0 Å². The predicted molar refractivity (Wildman–Crippen MR) is 130 cm³/mol. The molecule has 2 aromatic rings. The number of nitrogens with one attached hydrogen (secondary N) is 1. The first-order valence-electron chi connectivity index (χ1n) is 11.2. The van der Waals surface area contributed by atoms with Crippen molar-refractivity contribution in [2.45, 2.75) is 52.3 Å². The molecule has 2 aromatic carbocycles. The van der Waals surface area contributed by atoms with Gasteiger partial charge in [-0.3, -0.25) is 0 Å². The molecule has 1 aliphatic heterocycles. The molecule has 1 N–H and O–H groups in total. The Bertz CT molecular complexity index is 939. The first-order valence-corrected chi connectivity index (χ1v) is 11.2. The topological polar surface area (TPSA) is 41.6 Å². The van der Waals surface area contributed by atoms with E-state index in [0.717, 1.165) is 35.4 Å². The maximum Gasteiger partial charge on any atom is 0.410 e. The molecule has 1 saturated heterocycles. The summed E-state index contributed by atoms with van der Waals surface area (Å²) in [6, 6.07) is 16.3. The summed E-state index contributed by atoms with van der Waals surface area (Å²) in [6.45, 7) is 15.8. The highest BCUT2D eigenvalue weighted by Gasteiger charge is 2.26. The lowest BCUT2D eigenvalue weighted by Crippen LogP contribution is -2.49. The summed E-state index contributed by atoms with van der Waals surface area (Å²) < 4.78 is 5.51. The molecule has 4 heteroatoms. The lowest BCUT2D eigenvalue weighted by molar-refractivity contribution is 0.0823. The van der Waals surface area contributed by atoms with E-state index in [1.807, 2.05) is 67.3 Å². The molecular weight excluding hydrogens is 384 g/mol. The van der Waals surface area contributed by atoms with Gasteiger partial charge in [-0.25, -0.2) is 4.79 Å². The fraction of sp³-hybridized carbons (Fsp3) is 0.370. The van der Waals surface area contributed by atoms with Crippen LogP contribution in [-0.4, -0.2) is 30.1 Å². The zero-order chi connectivity index (χ0) is 22.6. The van der Waals surface area contributed by atoms with Gasteiger partial charge >= 0.3 is 6.09 Å². The minimum atomic E-state index is -0.242. The summed E-state index contributed by atoms with van der Waals surface area (Å²) in [7, 11) is 0. The van der Waals surface area contributed by atoms with Crippen molar-refractivity contribution in [3.05, 3.63) is 82.8 Å². The zero-order valence-electron chi connectivity index (χ0n) is 19.1. The minimum absolute atomic E-state index is 0.146. The number of rotatable bonds is 6. The van der Waals surface area contributed by atoms with E-state index in [1.54, 1.807) is 6.08 Å². The molecule has 0 saturated carbocycles. The highest BCUT2D eigenvalue weighted by Crippen LogP contribution is 2.16. The molecule has 166 valence electrons. The minimum Gasteiger partial charge on any atom is -0.445 e. The molecule has 0 bridgehead atoms. The Labute approximate surface area is 186 Å². The smallest absolute Gasteiger partial charge is 0.410 e. The van der Waals surface area contributed by atoms with Gasteiger partial charge in [0.05, 0.1) is 0 Å². The number of ether oxygens (including phenoxy) is 1. The Kier molecular flexibility index (Phi) is 10.0. The Morgan fingerprint density at radius 3 is 2.68 bits per heavy atom. The number of benzene rings is 2. The van der Waals surface area contributed by atoms with Crippen molar-refractivity contribution in [3.63, 3.8) is 0 Å². The van der Waals surface area contributed by atoms with E-state index in [1.165, 1.54) is 5.56 Å². The number of piperidine rings is 1. The first-order chi connectivity index (χ1) is 15.1. The Balaban J connectivity index is 0.00000166. The van der Waals surface area contributed by atoms with E-state index in [2.05, 4.69) is 31.5 Å². The quantitative estimate of drug-likeness (QED) is 0.746. The second-order valence-corrected chi connectivity index (χ2v) is 7.54. The molecule has 1 aliphatic rings. The maximum atomic E-state index is 12.5. The van der Waals surface area contributed by atoms with Crippen LogP contribution in [0.4, 0.5) is 4.79 Å². The van der Waals surface area contributed by atoms with Gasteiger partial charge in [0.1, 0.15) is 6.61 Å². The van der Waals surface area contributed by atoms with Crippen LogP contribution in [0.25, 0.3) is 12.7 Å². The first kappa shape index (κ1) is 24.4. The highest BCUT2D eigenvalue weighted by molar-refractivity contribution is 5.67. The normalized spacial score (nSPS) is 17.3. The van der Waals surface area contributed by atoms with Crippen LogP contribution in [0, 0.1) is 0 Å². The van der Waals surface area contributed by atoms with Gasteiger partial charge in [0.2, 0.25) is 0 Å². The van der Waals surface area contributed by atoms with Crippen molar-refractivity contribution in [2.75, 3.05) is 13.1 Å². The molecule has 1 unspecified atom stereocenters. The molecule has 3 rings (SSSR count). The van der Waals surface area contributed by atoms with Crippen molar-refractivity contribution in [2.24, 2.45) is 0 Å². The van der Waals surface area contributed by atoms with E-state index >= 15 is 0 Å². The summed E-state index contributed by atoms with van der Waals surface area (Å²) in [5, 5.41) is 5.79. The fourth-order valence-corrected chi connectivity index (χ4v) is 3.86. The molecule has 4 nitrogen and oxygen atoms in total. The molecule has 0 aliphatic carbocycles. The summed E-state index contributed by atoms with van der Waals surface area (Å²) in [5.41, 5.74) is 2.20. The van der Waals surface area contributed by atoms with Gasteiger partial charge in [0.25, 0.3) is 0 Å². The van der Waals surface area contributed by atoms with E-state index in [9.17, 15) is 4.79 Å². The number of carbonyl (C=O) groups is 1. The van der Waals surface area contributed by atoms with Crippen LogP contribution in [0.5, 0.6) is 0 Å². The average molecular weight is 421 g/mol. The van der Waals surface area contributed by atoms with Crippen LogP contribution in [0.1, 0.15) is 50.8 Å². The molecule has 1 heterocycles. The molecule has 1 amide bonds. The molecule has 1 fully saturated rings. The number of nitrogens with zero attached hydrogens (tertiary/aromatic N) is 1. The Morgan fingerprint density at radius 2 is 1.97 bits per heavy atom. The van der Waals surface area contributed by atoms with Crippen LogP contribution in [0.15, 0.2) is 61.2 Å². The second kappa shape index (κ2) is 12.8. The van der Waals surface area contributed by atoms with E-state index < -0.39 is 0 Å². The van der Waals surface area contributed by atoms with Crippen LogP contribution >= 0.6 is 0 Å². The lowest BCUT2D eigenvalue weighted by atomic mass is 10.00. The average Bonchev–Trinajstić information content (AvgIpc) is 2.81. The van der Waals surface area contributed by atoms with Crippen molar-refractivity contribution in [3.8, 4) is 0 Å². The van der Waals surface area contributed by atoms with Gasteiger partial charge in [-0.05, 0) is 41.3 Å². The third kappa shape index (κ3) is 7.11. The summed E-state index contributed by atoms with van der Waals surface area (Å²) in [5.74, 6) is 0. The molecule has 2 atom stereocenters. The van der Waals surface area contributed by atoms with E-state index in [0.29, 0.717) is 13.2 Å². The predicted octanol–water partition coefficient (Wildman–Crippen LogP) is 4.54. The van der Waals surface area contributed by atoms with Gasteiger partial charge in [-0.1, -0.05) is 87.7 Å². The standard InChI is InChI=1S/C25H30N2O2.C2H6/c1-4-10-23-19(2)11-8-15-24(23)20(3)26-22-14-9-16-27(17-22)25(28)29-18-21-12-6-5-7-13-21;1-2/h4-8,10-13,15,20,22,26H,1-2,9,14,16-18H2,3H3;1-2H3/b23-10+;/t20-,22?;/m1./s1. The maximum absolute atomic E-state index is 12.5. The van der Waals surface area contributed by atoms with Crippen LogP contribution in [0.3, 0.4) is 0 Å². The van der Waals surface area contributed by atoms with Crippen LogP contribution in [0.2, 0.25) is 0 Å². The van der Waals surface area contributed by atoms with E-state index in [4.69, 9.17) is 4.74 Å². The highest BCUT2D eigenvalue weighted by atomic mass is 16.6. The van der Waals surface area contributed by atoms with Gasteiger partial charge in [-0.2, -0.15) is 0 Å². The number of allylic oxidation sites excluding steroid dienone is 1. The number of hydrogen-bond acceptors (Lipinski definition) is 3. The van der Waals surface area contributed by atoms with Crippen molar-refractivity contribution < 1.29 is 9.53 Å². The van der Waals surface area contributed by atoms with Crippen molar-refractivity contribution in [1.29, 1.82) is 0 Å². The molecule has 0 radical (unpaired) electrons.